The van der Waals surface area contributed by atoms with Gasteiger partial charge in [-0.25, -0.2) is 0 Å². The quantitative estimate of drug-likeness (QED) is 0.706. The topological polar surface area (TPSA) is 17.1 Å². The lowest BCUT2D eigenvalue weighted by atomic mass is 9.95. The second-order valence-electron chi connectivity index (χ2n) is 4.55. The lowest BCUT2D eigenvalue weighted by molar-refractivity contribution is 0.101. The molecule has 0 radical (unpaired) electrons. The minimum absolute atomic E-state index is 0.0981. The molecule has 0 aliphatic rings. The molecule has 18 heavy (non-hydrogen) atoms. The third-order valence-electron chi connectivity index (χ3n) is 3.12. The average Bonchev–Trinajstić information content (AvgIpc) is 2.30. The molecule has 0 unspecified atom stereocenters. The molecule has 2 aromatic rings. The highest BCUT2D eigenvalue weighted by Crippen LogP contribution is 2.27. The largest absolute Gasteiger partial charge is 0.295 e. The molecule has 0 heterocycles. The van der Waals surface area contributed by atoms with Crippen molar-refractivity contribution in [1.29, 1.82) is 0 Å². The SMILES string of the molecule is CC(=O)c1cc(-c2ccc(Cl)cc2C)ccc1C. The van der Waals surface area contributed by atoms with Crippen molar-refractivity contribution in [3.05, 3.63) is 58.1 Å². The van der Waals surface area contributed by atoms with Gasteiger partial charge in [0.15, 0.2) is 5.78 Å². The Morgan fingerprint density at radius 2 is 1.72 bits per heavy atom. The van der Waals surface area contributed by atoms with Crippen LogP contribution in [0, 0.1) is 13.8 Å². The van der Waals surface area contributed by atoms with Crippen LogP contribution in [0.4, 0.5) is 0 Å². The zero-order valence-electron chi connectivity index (χ0n) is 10.8. The van der Waals surface area contributed by atoms with Crippen molar-refractivity contribution in [1.82, 2.24) is 0 Å². The Morgan fingerprint density at radius 3 is 2.33 bits per heavy atom. The van der Waals surface area contributed by atoms with Gasteiger partial charge in [-0.1, -0.05) is 29.8 Å². The van der Waals surface area contributed by atoms with Crippen LogP contribution in [0.5, 0.6) is 0 Å². The lowest BCUT2D eigenvalue weighted by Crippen LogP contribution is -1.96. The maximum absolute atomic E-state index is 11.6. The number of carbonyl (C=O) groups is 1. The average molecular weight is 259 g/mol. The number of halogens is 1. The number of Topliss-reactive ketones (excluding diaryl/α,β-unsaturated/α-hetero) is 1. The molecule has 0 bridgehead atoms. The van der Waals surface area contributed by atoms with Gasteiger partial charge in [-0.05, 0) is 61.2 Å². The van der Waals surface area contributed by atoms with Gasteiger partial charge in [-0.15, -0.1) is 0 Å². The lowest BCUT2D eigenvalue weighted by Gasteiger charge is -2.09. The summed E-state index contributed by atoms with van der Waals surface area (Å²) in [6, 6.07) is 11.8. The number of benzene rings is 2. The Balaban J connectivity index is 2.58. The van der Waals surface area contributed by atoms with Crippen LogP contribution in [-0.4, -0.2) is 5.78 Å². The van der Waals surface area contributed by atoms with E-state index >= 15 is 0 Å². The molecular weight excluding hydrogens is 244 g/mol. The maximum Gasteiger partial charge on any atom is 0.160 e. The van der Waals surface area contributed by atoms with Gasteiger partial charge in [0.25, 0.3) is 0 Å². The highest BCUT2D eigenvalue weighted by atomic mass is 35.5. The van der Waals surface area contributed by atoms with E-state index in [1.165, 1.54) is 0 Å². The molecule has 2 aromatic carbocycles. The minimum atomic E-state index is 0.0981. The summed E-state index contributed by atoms with van der Waals surface area (Å²) < 4.78 is 0. The Morgan fingerprint density at radius 1 is 1.00 bits per heavy atom. The first-order valence-electron chi connectivity index (χ1n) is 5.87. The zero-order chi connectivity index (χ0) is 13.3. The predicted octanol–water partition coefficient (Wildman–Crippen LogP) is 4.83. The molecule has 92 valence electrons. The summed E-state index contributed by atoms with van der Waals surface area (Å²) in [5, 5.41) is 0.732. The van der Waals surface area contributed by atoms with E-state index in [0.717, 1.165) is 32.8 Å². The van der Waals surface area contributed by atoms with Crippen molar-refractivity contribution in [3.8, 4) is 11.1 Å². The van der Waals surface area contributed by atoms with Gasteiger partial charge >= 0.3 is 0 Å². The van der Waals surface area contributed by atoms with E-state index in [-0.39, 0.29) is 5.78 Å². The first kappa shape index (κ1) is 12.8. The van der Waals surface area contributed by atoms with E-state index in [1.54, 1.807) is 6.92 Å². The number of carbonyl (C=O) groups excluding carboxylic acids is 1. The molecule has 0 saturated heterocycles. The molecule has 0 aliphatic heterocycles. The van der Waals surface area contributed by atoms with Crippen molar-refractivity contribution in [2.45, 2.75) is 20.8 Å². The van der Waals surface area contributed by atoms with E-state index in [2.05, 4.69) is 0 Å². The number of hydrogen-bond acceptors (Lipinski definition) is 1. The Bertz CT molecular complexity index is 614. The summed E-state index contributed by atoms with van der Waals surface area (Å²) in [4.78, 5) is 11.6. The molecule has 2 heteroatoms. The molecule has 0 atom stereocenters. The predicted molar refractivity (Wildman–Crippen MR) is 76.4 cm³/mol. The van der Waals surface area contributed by atoms with Gasteiger partial charge < -0.3 is 0 Å². The fourth-order valence-corrected chi connectivity index (χ4v) is 2.35. The van der Waals surface area contributed by atoms with Gasteiger partial charge in [0.05, 0.1) is 0 Å². The highest BCUT2D eigenvalue weighted by Gasteiger charge is 2.08. The third kappa shape index (κ3) is 2.46. The number of aryl methyl sites for hydroxylation is 2. The summed E-state index contributed by atoms with van der Waals surface area (Å²) in [5.41, 5.74) is 5.07. The Kier molecular flexibility index (Phi) is 3.53. The normalized spacial score (nSPS) is 10.4. The molecule has 0 amide bonds. The molecule has 0 spiro atoms. The standard InChI is InChI=1S/C16H15ClO/c1-10-4-5-13(9-16(10)12(3)18)15-7-6-14(17)8-11(15)2/h4-9H,1-3H3. The van der Waals surface area contributed by atoms with E-state index in [9.17, 15) is 4.79 Å². The van der Waals surface area contributed by atoms with Gasteiger partial charge in [0.2, 0.25) is 0 Å². The molecule has 2 rings (SSSR count). The van der Waals surface area contributed by atoms with Crippen LogP contribution in [-0.2, 0) is 0 Å². The fourth-order valence-electron chi connectivity index (χ4n) is 2.12. The zero-order valence-corrected chi connectivity index (χ0v) is 11.5. The highest BCUT2D eigenvalue weighted by molar-refractivity contribution is 6.30. The molecule has 0 N–H and O–H groups in total. The van der Waals surface area contributed by atoms with Crippen LogP contribution in [0.3, 0.4) is 0 Å². The van der Waals surface area contributed by atoms with Crippen molar-refractivity contribution < 1.29 is 4.79 Å². The summed E-state index contributed by atoms with van der Waals surface area (Å²) in [6.07, 6.45) is 0. The number of rotatable bonds is 2. The fraction of sp³-hybridized carbons (Fsp3) is 0.188. The Hall–Kier alpha value is -1.60. The molecule has 1 nitrogen and oxygen atoms in total. The van der Waals surface area contributed by atoms with E-state index in [0.29, 0.717) is 0 Å². The smallest absolute Gasteiger partial charge is 0.160 e. The van der Waals surface area contributed by atoms with Crippen LogP contribution < -0.4 is 0 Å². The molecule has 0 aliphatic carbocycles. The Labute approximate surface area is 112 Å². The first-order chi connectivity index (χ1) is 8.49. The van der Waals surface area contributed by atoms with E-state index < -0.39 is 0 Å². The van der Waals surface area contributed by atoms with Gasteiger partial charge in [0, 0.05) is 10.6 Å². The van der Waals surface area contributed by atoms with Gasteiger partial charge in [-0.2, -0.15) is 0 Å². The summed E-state index contributed by atoms with van der Waals surface area (Å²) in [7, 11) is 0. The molecular formula is C16H15ClO. The molecule has 0 saturated carbocycles. The first-order valence-corrected chi connectivity index (χ1v) is 6.25. The minimum Gasteiger partial charge on any atom is -0.295 e. The van der Waals surface area contributed by atoms with E-state index in [1.807, 2.05) is 50.2 Å². The summed E-state index contributed by atoms with van der Waals surface area (Å²) in [6.45, 7) is 5.57. The van der Waals surface area contributed by atoms with Crippen LogP contribution in [0.15, 0.2) is 36.4 Å². The van der Waals surface area contributed by atoms with Crippen molar-refractivity contribution in [3.63, 3.8) is 0 Å². The van der Waals surface area contributed by atoms with Gasteiger partial charge in [0.1, 0.15) is 0 Å². The van der Waals surface area contributed by atoms with Crippen molar-refractivity contribution in [2.75, 3.05) is 0 Å². The van der Waals surface area contributed by atoms with Crippen molar-refractivity contribution >= 4 is 17.4 Å². The second kappa shape index (κ2) is 4.95. The van der Waals surface area contributed by atoms with Gasteiger partial charge in [-0.3, -0.25) is 4.79 Å². The number of hydrogen-bond donors (Lipinski definition) is 0. The van der Waals surface area contributed by atoms with Crippen LogP contribution in [0.1, 0.15) is 28.4 Å². The molecule has 0 fully saturated rings. The maximum atomic E-state index is 11.6. The van der Waals surface area contributed by atoms with Crippen LogP contribution in [0.2, 0.25) is 5.02 Å². The van der Waals surface area contributed by atoms with E-state index in [4.69, 9.17) is 11.6 Å². The third-order valence-corrected chi connectivity index (χ3v) is 3.35. The monoisotopic (exact) mass is 258 g/mol. The van der Waals surface area contributed by atoms with Crippen molar-refractivity contribution in [2.24, 2.45) is 0 Å². The van der Waals surface area contributed by atoms with Crippen LogP contribution >= 0.6 is 11.6 Å². The summed E-state index contributed by atoms with van der Waals surface area (Å²) >= 11 is 5.96. The number of ketones is 1. The molecule has 0 aromatic heterocycles. The van der Waals surface area contributed by atoms with Crippen LogP contribution in [0.25, 0.3) is 11.1 Å². The summed E-state index contributed by atoms with van der Waals surface area (Å²) in [5.74, 6) is 0.0981. The second-order valence-corrected chi connectivity index (χ2v) is 4.98.